The Balaban J connectivity index is 2.24. The average molecular weight is 293 g/mol. The summed E-state index contributed by atoms with van der Waals surface area (Å²) >= 11 is 5.67. The van der Waals surface area contributed by atoms with Gasteiger partial charge in [-0.15, -0.1) is 0 Å². The number of benzene rings is 2. The SMILES string of the molecule is CNc1ccc(C(=O)Nc2cccc(Cl)c2F)cc1C. The highest BCUT2D eigenvalue weighted by molar-refractivity contribution is 6.31. The molecule has 0 spiro atoms. The maximum Gasteiger partial charge on any atom is 0.255 e. The van der Waals surface area contributed by atoms with E-state index in [1.807, 2.05) is 14.0 Å². The molecule has 0 heterocycles. The monoisotopic (exact) mass is 292 g/mol. The lowest BCUT2D eigenvalue weighted by molar-refractivity contribution is 0.102. The molecule has 0 atom stereocenters. The number of amides is 1. The minimum atomic E-state index is -0.633. The van der Waals surface area contributed by atoms with E-state index in [4.69, 9.17) is 11.6 Å². The number of hydrogen-bond acceptors (Lipinski definition) is 2. The van der Waals surface area contributed by atoms with Crippen molar-refractivity contribution in [2.24, 2.45) is 0 Å². The number of nitrogens with one attached hydrogen (secondary N) is 2. The summed E-state index contributed by atoms with van der Waals surface area (Å²) < 4.78 is 13.7. The Morgan fingerprint density at radius 3 is 2.60 bits per heavy atom. The molecule has 2 aromatic carbocycles. The van der Waals surface area contributed by atoms with E-state index in [1.54, 1.807) is 24.3 Å². The molecule has 0 unspecified atom stereocenters. The zero-order valence-electron chi connectivity index (χ0n) is 11.1. The summed E-state index contributed by atoms with van der Waals surface area (Å²) in [7, 11) is 1.81. The number of anilines is 2. The quantitative estimate of drug-likeness (QED) is 0.895. The van der Waals surface area contributed by atoms with Crippen molar-refractivity contribution in [3.8, 4) is 0 Å². The highest BCUT2D eigenvalue weighted by Crippen LogP contribution is 2.23. The van der Waals surface area contributed by atoms with Crippen molar-refractivity contribution in [3.63, 3.8) is 0 Å². The van der Waals surface area contributed by atoms with E-state index in [-0.39, 0.29) is 16.6 Å². The summed E-state index contributed by atoms with van der Waals surface area (Å²) in [6.07, 6.45) is 0. The molecule has 1 amide bonds. The van der Waals surface area contributed by atoms with Gasteiger partial charge in [0, 0.05) is 18.3 Å². The lowest BCUT2D eigenvalue weighted by Gasteiger charge is -2.10. The highest BCUT2D eigenvalue weighted by Gasteiger charge is 2.12. The van der Waals surface area contributed by atoms with Crippen LogP contribution in [0.2, 0.25) is 5.02 Å². The molecule has 0 aliphatic heterocycles. The molecule has 0 saturated carbocycles. The van der Waals surface area contributed by atoms with Crippen LogP contribution in [0.5, 0.6) is 0 Å². The van der Waals surface area contributed by atoms with Gasteiger partial charge in [-0.05, 0) is 42.8 Å². The number of carbonyl (C=O) groups excluding carboxylic acids is 1. The topological polar surface area (TPSA) is 41.1 Å². The Morgan fingerprint density at radius 2 is 1.95 bits per heavy atom. The minimum Gasteiger partial charge on any atom is -0.388 e. The normalized spacial score (nSPS) is 10.2. The maximum atomic E-state index is 13.7. The first-order valence-corrected chi connectivity index (χ1v) is 6.44. The molecule has 0 aromatic heterocycles. The van der Waals surface area contributed by atoms with Crippen LogP contribution in [0.4, 0.5) is 15.8 Å². The van der Waals surface area contributed by atoms with E-state index in [9.17, 15) is 9.18 Å². The van der Waals surface area contributed by atoms with E-state index in [0.29, 0.717) is 5.56 Å². The lowest BCUT2D eigenvalue weighted by Crippen LogP contribution is -2.13. The Hall–Kier alpha value is -2.07. The third kappa shape index (κ3) is 2.91. The number of hydrogen-bond donors (Lipinski definition) is 2. The zero-order chi connectivity index (χ0) is 14.7. The number of rotatable bonds is 3. The molecule has 2 rings (SSSR count). The van der Waals surface area contributed by atoms with Gasteiger partial charge in [-0.1, -0.05) is 17.7 Å². The van der Waals surface area contributed by atoms with Gasteiger partial charge in [0.1, 0.15) is 0 Å². The smallest absolute Gasteiger partial charge is 0.255 e. The molecule has 0 fully saturated rings. The molecule has 104 valence electrons. The third-order valence-corrected chi connectivity index (χ3v) is 3.25. The summed E-state index contributed by atoms with van der Waals surface area (Å²) in [5.41, 5.74) is 2.40. The molecule has 0 aliphatic rings. The molecular weight excluding hydrogens is 279 g/mol. The second-order valence-electron chi connectivity index (χ2n) is 4.34. The van der Waals surface area contributed by atoms with Crippen LogP contribution in [0, 0.1) is 12.7 Å². The summed E-state index contributed by atoms with van der Waals surface area (Å²) in [5, 5.41) is 5.51. The molecule has 2 aromatic rings. The van der Waals surface area contributed by atoms with Crippen LogP contribution in [-0.2, 0) is 0 Å². The average Bonchev–Trinajstić information content (AvgIpc) is 2.43. The maximum absolute atomic E-state index is 13.7. The molecule has 20 heavy (non-hydrogen) atoms. The fourth-order valence-corrected chi connectivity index (χ4v) is 2.05. The van der Waals surface area contributed by atoms with Crippen LogP contribution in [0.1, 0.15) is 15.9 Å². The summed E-state index contributed by atoms with van der Waals surface area (Å²) in [5.74, 6) is -1.01. The van der Waals surface area contributed by atoms with E-state index in [2.05, 4.69) is 10.6 Å². The van der Waals surface area contributed by atoms with Crippen LogP contribution in [0.25, 0.3) is 0 Å². The van der Waals surface area contributed by atoms with Crippen molar-refractivity contribution < 1.29 is 9.18 Å². The van der Waals surface area contributed by atoms with Gasteiger partial charge >= 0.3 is 0 Å². The molecule has 0 aliphatic carbocycles. The Morgan fingerprint density at radius 1 is 1.20 bits per heavy atom. The summed E-state index contributed by atoms with van der Waals surface area (Å²) in [6, 6.07) is 9.70. The van der Waals surface area contributed by atoms with E-state index in [1.165, 1.54) is 12.1 Å². The van der Waals surface area contributed by atoms with Crippen molar-refractivity contribution in [2.75, 3.05) is 17.7 Å². The van der Waals surface area contributed by atoms with Crippen LogP contribution in [0.3, 0.4) is 0 Å². The van der Waals surface area contributed by atoms with Gasteiger partial charge < -0.3 is 10.6 Å². The van der Waals surface area contributed by atoms with Crippen LogP contribution in [-0.4, -0.2) is 13.0 Å². The Kier molecular flexibility index (Phi) is 4.25. The molecule has 5 heteroatoms. The van der Waals surface area contributed by atoms with Gasteiger partial charge in [0.25, 0.3) is 5.91 Å². The van der Waals surface area contributed by atoms with Crippen molar-refractivity contribution >= 4 is 28.9 Å². The number of halogens is 2. The fraction of sp³-hybridized carbons (Fsp3) is 0.133. The van der Waals surface area contributed by atoms with Gasteiger partial charge in [-0.2, -0.15) is 0 Å². The highest BCUT2D eigenvalue weighted by atomic mass is 35.5. The van der Waals surface area contributed by atoms with Gasteiger partial charge in [0.2, 0.25) is 0 Å². The summed E-state index contributed by atoms with van der Waals surface area (Å²) in [4.78, 5) is 12.1. The molecule has 3 nitrogen and oxygen atoms in total. The molecule has 0 radical (unpaired) electrons. The largest absolute Gasteiger partial charge is 0.388 e. The standard InChI is InChI=1S/C15H14ClFN2O/c1-9-8-10(6-7-12(9)18-2)15(20)19-13-5-3-4-11(16)14(13)17/h3-8,18H,1-2H3,(H,19,20). The van der Waals surface area contributed by atoms with Crippen LogP contribution in [0.15, 0.2) is 36.4 Å². The Bertz CT molecular complexity index is 658. The van der Waals surface area contributed by atoms with E-state index < -0.39 is 5.82 Å². The lowest BCUT2D eigenvalue weighted by atomic mass is 10.1. The van der Waals surface area contributed by atoms with Gasteiger partial charge in [-0.3, -0.25) is 4.79 Å². The van der Waals surface area contributed by atoms with Gasteiger partial charge in [0.05, 0.1) is 10.7 Å². The fourth-order valence-electron chi connectivity index (χ4n) is 1.88. The second kappa shape index (κ2) is 5.92. The first kappa shape index (κ1) is 14.3. The molecule has 0 saturated heterocycles. The first-order chi connectivity index (χ1) is 9.52. The van der Waals surface area contributed by atoms with Crippen LogP contribution < -0.4 is 10.6 Å². The van der Waals surface area contributed by atoms with E-state index >= 15 is 0 Å². The summed E-state index contributed by atoms with van der Waals surface area (Å²) in [6.45, 7) is 1.89. The predicted molar refractivity (Wildman–Crippen MR) is 80.1 cm³/mol. The predicted octanol–water partition coefficient (Wildman–Crippen LogP) is 4.08. The minimum absolute atomic E-state index is 0.0236. The van der Waals surface area contributed by atoms with Crippen molar-refractivity contribution in [1.29, 1.82) is 0 Å². The van der Waals surface area contributed by atoms with Crippen molar-refractivity contribution in [3.05, 3.63) is 58.4 Å². The van der Waals surface area contributed by atoms with Gasteiger partial charge in [0.15, 0.2) is 5.82 Å². The molecule has 2 N–H and O–H groups in total. The van der Waals surface area contributed by atoms with Crippen molar-refractivity contribution in [1.82, 2.24) is 0 Å². The van der Waals surface area contributed by atoms with Crippen LogP contribution >= 0.6 is 11.6 Å². The molecular formula is C15H14ClFN2O. The van der Waals surface area contributed by atoms with Crippen molar-refractivity contribution in [2.45, 2.75) is 6.92 Å². The number of aryl methyl sites for hydroxylation is 1. The van der Waals surface area contributed by atoms with E-state index in [0.717, 1.165) is 11.3 Å². The Labute approximate surface area is 121 Å². The first-order valence-electron chi connectivity index (χ1n) is 6.06. The number of carbonyl (C=O) groups is 1. The third-order valence-electron chi connectivity index (χ3n) is 2.96. The molecule has 0 bridgehead atoms. The second-order valence-corrected chi connectivity index (χ2v) is 4.74. The van der Waals surface area contributed by atoms with Gasteiger partial charge in [-0.25, -0.2) is 4.39 Å². The zero-order valence-corrected chi connectivity index (χ0v) is 11.9.